The van der Waals surface area contributed by atoms with Crippen LogP contribution in [-0.4, -0.2) is 12.0 Å². The predicted molar refractivity (Wildman–Crippen MR) is 63.4 cm³/mol. The number of aromatic nitrogens is 1. The first-order chi connectivity index (χ1) is 8.60. The number of hydrogen-bond acceptors (Lipinski definition) is 3. The van der Waals surface area contributed by atoms with Gasteiger partial charge >= 0.3 is 0 Å². The molecule has 6 heteroatoms. The number of nitrogens with one attached hydrogen (secondary N) is 2. The zero-order valence-electron chi connectivity index (χ0n) is 9.47. The van der Waals surface area contributed by atoms with E-state index in [1.165, 1.54) is 6.20 Å². The number of halogens is 3. The van der Waals surface area contributed by atoms with Crippen molar-refractivity contribution in [2.24, 2.45) is 0 Å². The molecule has 2 N–H and O–H groups in total. The third-order valence-corrected chi connectivity index (χ3v) is 2.30. The largest absolute Gasteiger partial charge is 0.387 e. The van der Waals surface area contributed by atoms with Crippen LogP contribution in [0.5, 0.6) is 0 Å². The van der Waals surface area contributed by atoms with E-state index >= 15 is 0 Å². The molecular weight excluding hydrogens is 243 g/mol. The molecule has 0 saturated carbocycles. The minimum atomic E-state index is -1.48. The van der Waals surface area contributed by atoms with Crippen molar-refractivity contribution in [2.75, 3.05) is 17.7 Å². The number of rotatable bonds is 3. The van der Waals surface area contributed by atoms with Crippen molar-refractivity contribution in [1.82, 2.24) is 4.98 Å². The first-order valence-corrected chi connectivity index (χ1v) is 5.14. The summed E-state index contributed by atoms with van der Waals surface area (Å²) in [4.78, 5) is 3.93. The second-order valence-electron chi connectivity index (χ2n) is 3.59. The summed E-state index contributed by atoms with van der Waals surface area (Å²) in [6.45, 7) is 0. The second kappa shape index (κ2) is 4.95. The van der Waals surface area contributed by atoms with Crippen molar-refractivity contribution in [3.8, 4) is 0 Å². The summed E-state index contributed by atoms with van der Waals surface area (Å²) in [5, 5.41) is 5.61. The van der Waals surface area contributed by atoms with E-state index in [-0.39, 0.29) is 5.69 Å². The lowest BCUT2D eigenvalue weighted by atomic mass is 10.2. The maximum atomic E-state index is 13.0. The Hall–Kier alpha value is -2.24. The average molecular weight is 253 g/mol. The van der Waals surface area contributed by atoms with Crippen LogP contribution < -0.4 is 10.6 Å². The van der Waals surface area contributed by atoms with E-state index < -0.39 is 17.5 Å². The molecule has 2 aromatic rings. The summed E-state index contributed by atoms with van der Waals surface area (Å²) < 4.78 is 38.8. The minimum absolute atomic E-state index is 0.112. The lowest BCUT2D eigenvalue weighted by Gasteiger charge is -2.08. The number of hydrogen-bond donors (Lipinski definition) is 2. The van der Waals surface area contributed by atoms with Gasteiger partial charge in [-0.3, -0.25) is 4.98 Å². The van der Waals surface area contributed by atoms with Crippen molar-refractivity contribution < 1.29 is 13.2 Å². The summed E-state index contributed by atoms with van der Waals surface area (Å²) in [6.07, 6.45) is 3.08. The number of anilines is 3. The molecular formula is C12H10F3N3. The molecule has 0 aliphatic carbocycles. The fraction of sp³-hybridized carbons (Fsp3) is 0.0833. The molecule has 18 heavy (non-hydrogen) atoms. The number of pyridine rings is 1. The lowest BCUT2D eigenvalue weighted by molar-refractivity contribution is 0.448. The zero-order valence-corrected chi connectivity index (χ0v) is 9.47. The molecule has 1 heterocycles. The normalized spacial score (nSPS) is 10.2. The first-order valence-electron chi connectivity index (χ1n) is 5.14. The van der Waals surface area contributed by atoms with Crippen molar-refractivity contribution in [1.29, 1.82) is 0 Å². The highest BCUT2D eigenvalue weighted by Gasteiger charge is 2.10. The summed E-state index contributed by atoms with van der Waals surface area (Å²) in [7, 11) is 1.72. The van der Waals surface area contributed by atoms with Gasteiger partial charge in [-0.05, 0) is 6.07 Å². The molecule has 0 spiro atoms. The van der Waals surface area contributed by atoms with Gasteiger partial charge in [-0.2, -0.15) is 0 Å². The van der Waals surface area contributed by atoms with E-state index in [0.717, 1.165) is 17.8 Å². The molecule has 0 fully saturated rings. The zero-order chi connectivity index (χ0) is 13.1. The average Bonchev–Trinajstić information content (AvgIpc) is 2.36. The summed E-state index contributed by atoms with van der Waals surface area (Å²) in [6, 6.07) is 3.46. The SMILES string of the molecule is CNc1cncc(Nc2cc(F)c(F)c(F)c2)c1. The summed E-state index contributed by atoms with van der Waals surface area (Å²) in [5.41, 5.74) is 1.39. The number of benzene rings is 1. The maximum absolute atomic E-state index is 13.0. The molecule has 3 nitrogen and oxygen atoms in total. The van der Waals surface area contributed by atoms with Crippen LogP contribution in [-0.2, 0) is 0 Å². The van der Waals surface area contributed by atoms with Gasteiger partial charge in [-0.1, -0.05) is 0 Å². The van der Waals surface area contributed by atoms with Crippen molar-refractivity contribution >= 4 is 17.1 Å². The molecule has 0 radical (unpaired) electrons. The Kier molecular flexibility index (Phi) is 3.36. The van der Waals surface area contributed by atoms with Crippen LogP contribution in [0.15, 0.2) is 30.6 Å². The maximum Gasteiger partial charge on any atom is 0.194 e. The van der Waals surface area contributed by atoms with Crippen LogP contribution in [0.1, 0.15) is 0 Å². The Balaban J connectivity index is 2.28. The van der Waals surface area contributed by atoms with E-state index in [1.54, 1.807) is 19.3 Å². The van der Waals surface area contributed by atoms with Gasteiger partial charge in [-0.25, -0.2) is 13.2 Å². The van der Waals surface area contributed by atoms with Gasteiger partial charge in [0.15, 0.2) is 17.5 Å². The van der Waals surface area contributed by atoms with Crippen LogP contribution >= 0.6 is 0 Å². The van der Waals surface area contributed by atoms with Crippen LogP contribution in [0.25, 0.3) is 0 Å². The van der Waals surface area contributed by atoms with Crippen LogP contribution in [0.2, 0.25) is 0 Å². The molecule has 0 atom stereocenters. The molecule has 94 valence electrons. The molecule has 0 bridgehead atoms. The van der Waals surface area contributed by atoms with Gasteiger partial charge in [0, 0.05) is 24.9 Å². The quantitative estimate of drug-likeness (QED) is 0.824. The molecule has 1 aromatic carbocycles. The van der Waals surface area contributed by atoms with Crippen LogP contribution in [0, 0.1) is 17.5 Å². The Morgan fingerprint density at radius 1 is 0.889 bits per heavy atom. The summed E-state index contributed by atoms with van der Waals surface area (Å²) >= 11 is 0. The van der Waals surface area contributed by atoms with Crippen molar-refractivity contribution in [2.45, 2.75) is 0 Å². The fourth-order valence-electron chi connectivity index (χ4n) is 1.44. The van der Waals surface area contributed by atoms with Gasteiger partial charge < -0.3 is 10.6 Å². The monoisotopic (exact) mass is 253 g/mol. The molecule has 1 aromatic heterocycles. The van der Waals surface area contributed by atoms with E-state index in [4.69, 9.17) is 0 Å². The van der Waals surface area contributed by atoms with Crippen molar-refractivity contribution in [3.05, 3.63) is 48.0 Å². The molecule has 0 amide bonds. The predicted octanol–water partition coefficient (Wildman–Crippen LogP) is 3.28. The highest BCUT2D eigenvalue weighted by Crippen LogP contribution is 2.22. The molecule has 2 rings (SSSR count). The third kappa shape index (κ3) is 2.53. The topological polar surface area (TPSA) is 37.0 Å². The van der Waals surface area contributed by atoms with Gasteiger partial charge in [0.05, 0.1) is 23.8 Å². The lowest BCUT2D eigenvalue weighted by Crippen LogP contribution is -1.97. The van der Waals surface area contributed by atoms with E-state index in [1.807, 2.05) is 0 Å². The van der Waals surface area contributed by atoms with Gasteiger partial charge in [0.25, 0.3) is 0 Å². The van der Waals surface area contributed by atoms with Gasteiger partial charge in [0.1, 0.15) is 0 Å². The van der Waals surface area contributed by atoms with Crippen molar-refractivity contribution in [3.63, 3.8) is 0 Å². The van der Waals surface area contributed by atoms with Crippen LogP contribution in [0.3, 0.4) is 0 Å². The Morgan fingerprint density at radius 2 is 1.50 bits per heavy atom. The van der Waals surface area contributed by atoms with Gasteiger partial charge in [-0.15, -0.1) is 0 Å². The molecule has 0 unspecified atom stereocenters. The molecule has 0 saturated heterocycles. The highest BCUT2D eigenvalue weighted by molar-refractivity contribution is 5.62. The Morgan fingerprint density at radius 3 is 2.11 bits per heavy atom. The van der Waals surface area contributed by atoms with Crippen LogP contribution in [0.4, 0.5) is 30.2 Å². The first kappa shape index (κ1) is 12.2. The Labute approximate surface area is 102 Å². The van der Waals surface area contributed by atoms with E-state index in [9.17, 15) is 13.2 Å². The fourth-order valence-corrected chi connectivity index (χ4v) is 1.44. The smallest absolute Gasteiger partial charge is 0.194 e. The minimum Gasteiger partial charge on any atom is -0.387 e. The Bertz CT molecular complexity index is 549. The third-order valence-electron chi connectivity index (χ3n) is 2.30. The van der Waals surface area contributed by atoms with E-state index in [2.05, 4.69) is 15.6 Å². The molecule has 0 aliphatic heterocycles. The summed E-state index contributed by atoms with van der Waals surface area (Å²) in [5.74, 6) is -3.96. The second-order valence-corrected chi connectivity index (χ2v) is 3.59. The van der Waals surface area contributed by atoms with Gasteiger partial charge in [0.2, 0.25) is 0 Å². The highest BCUT2D eigenvalue weighted by atomic mass is 19.2. The van der Waals surface area contributed by atoms with E-state index in [0.29, 0.717) is 5.69 Å². The standard InChI is InChI=1S/C12H10F3N3/c1-16-8-2-9(6-17-5-8)18-7-3-10(13)12(15)11(14)4-7/h2-6,16,18H,1H3. The molecule has 0 aliphatic rings. The number of nitrogens with zero attached hydrogens (tertiary/aromatic N) is 1.